The standard InChI is InChI=1S/C17H21N3O2S/c1-2-11-3-5-12(6-4-11)14-10-23-17(19-14)20-16(21)15-8-7-13(9-18)22-15/h3-6,10,13,15H,2,7-9,18H2,1H3,(H,19,20,21)/t13-,15+/m1/s1. The summed E-state index contributed by atoms with van der Waals surface area (Å²) in [5.41, 5.74) is 8.80. The van der Waals surface area contributed by atoms with Crippen LogP contribution in [0, 0.1) is 0 Å². The molecular weight excluding hydrogens is 310 g/mol. The fourth-order valence-electron chi connectivity index (χ4n) is 2.63. The van der Waals surface area contributed by atoms with E-state index in [0.29, 0.717) is 18.1 Å². The maximum atomic E-state index is 12.2. The van der Waals surface area contributed by atoms with Gasteiger partial charge in [0.05, 0.1) is 11.8 Å². The van der Waals surface area contributed by atoms with Gasteiger partial charge in [-0.05, 0) is 24.8 Å². The van der Waals surface area contributed by atoms with Crippen LogP contribution < -0.4 is 11.1 Å². The molecule has 6 heteroatoms. The normalized spacial score (nSPS) is 20.6. The Kier molecular flexibility index (Phi) is 5.05. The molecule has 1 fully saturated rings. The number of nitrogens with one attached hydrogen (secondary N) is 1. The molecule has 0 saturated carbocycles. The van der Waals surface area contributed by atoms with Crippen LogP contribution in [0.1, 0.15) is 25.3 Å². The van der Waals surface area contributed by atoms with E-state index in [9.17, 15) is 4.79 Å². The number of benzene rings is 1. The lowest BCUT2D eigenvalue weighted by molar-refractivity contribution is -0.126. The molecule has 1 amide bonds. The van der Waals surface area contributed by atoms with Crippen molar-refractivity contribution in [2.45, 2.75) is 38.4 Å². The van der Waals surface area contributed by atoms with Gasteiger partial charge in [0, 0.05) is 17.5 Å². The highest BCUT2D eigenvalue weighted by Gasteiger charge is 2.30. The van der Waals surface area contributed by atoms with Gasteiger partial charge in [-0.25, -0.2) is 4.98 Å². The van der Waals surface area contributed by atoms with Crippen LogP contribution in [0.25, 0.3) is 11.3 Å². The number of nitrogens with two attached hydrogens (primary N) is 1. The lowest BCUT2D eigenvalue weighted by Crippen LogP contribution is -2.29. The maximum Gasteiger partial charge on any atom is 0.255 e. The second-order valence-electron chi connectivity index (χ2n) is 5.64. The van der Waals surface area contributed by atoms with Crippen molar-refractivity contribution < 1.29 is 9.53 Å². The van der Waals surface area contributed by atoms with Crippen LogP contribution in [-0.2, 0) is 16.0 Å². The molecule has 2 atom stereocenters. The summed E-state index contributed by atoms with van der Waals surface area (Å²) in [6.45, 7) is 2.59. The first kappa shape index (κ1) is 16.1. The number of anilines is 1. The van der Waals surface area contributed by atoms with E-state index >= 15 is 0 Å². The average Bonchev–Trinajstić information content (AvgIpc) is 3.24. The fourth-order valence-corrected chi connectivity index (χ4v) is 3.36. The average molecular weight is 331 g/mol. The van der Waals surface area contributed by atoms with Gasteiger partial charge < -0.3 is 10.5 Å². The van der Waals surface area contributed by atoms with Crippen LogP contribution in [0.15, 0.2) is 29.6 Å². The Labute approximate surface area is 139 Å². The molecule has 1 aliphatic rings. The number of thiazole rings is 1. The van der Waals surface area contributed by atoms with E-state index in [1.54, 1.807) is 0 Å². The van der Waals surface area contributed by atoms with Gasteiger partial charge >= 0.3 is 0 Å². The summed E-state index contributed by atoms with van der Waals surface area (Å²) in [5.74, 6) is -0.136. The van der Waals surface area contributed by atoms with Gasteiger partial charge in [-0.15, -0.1) is 11.3 Å². The van der Waals surface area contributed by atoms with Crippen molar-refractivity contribution in [1.82, 2.24) is 4.98 Å². The van der Waals surface area contributed by atoms with Gasteiger partial charge in [0.15, 0.2) is 5.13 Å². The summed E-state index contributed by atoms with van der Waals surface area (Å²) in [7, 11) is 0. The third kappa shape index (κ3) is 3.77. The molecular formula is C17H21N3O2S. The highest BCUT2D eigenvalue weighted by atomic mass is 32.1. The van der Waals surface area contributed by atoms with Crippen molar-refractivity contribution in [3.8, 4) is 11.3 Å². The SMILES string of the molecule is CCc1ccc(-c2csc(NC(=O)[C@@H]3CC[C@H](CN)O3)n2)cc1. The number of carbonyl (C=O) groups excluding carboxylic acids is 1. The second kappa shape index (κ2) is 7.21. The largest absolute Gasteiger partial charge is 0.364 e. The summed E-state index contributed by atoms with van der Waals surface area (Å²) in [6, 6.07) is 8.33. The summed E-state index contributed by atoms with van der Waals surface area (Å²) < 4.78 is 5.60. The first-order valence-corrected chi connectivity index (χ1v) is 8.78. The van der Waals surface area contributed by atoms with Crippen LogP contribution >= 0.6 is 11.3 Å². The van der Waals surface area contributed by atoms with Crippen LogP contribution in [0.3, 0.4) is 0 Å². The Morgan fingerprint density at radius 1 is 1.39 bits per heavy atom. The van der Waals surface area contributed by atoms with E-state index in [0.717, 1.165) is 24.1 Å². The Morgan fingerprint density at radius 3 is 2.83 bits per heavy atom. The number of ether oxygens (including phenoxy) is 1. The number of aromatic nitrogens is 1. The highest BCUT2D eigenvalue weighted by molar-refractivity contribution is 7.14. The molecule has 3 rings (SSSR count). The number of hydrogen-bond acceptors (Lipinski definition) is 5. The van der Waals surface area contributed by atoms with Crippen molar-refractivity contribution >= 4 is 22.4 Å². The summed E-state index contributed by atoms with van der Waals surface area (Å²) in [5, 5.41) is 5.40. The minimum absolute atomic E-state index is 0.00492. The fraction of sp³-hybridized carbons (Fsp3) is 0.412. The zero-order valence-electron chi connectivity index (χ0n) is 13.1. The monoisotopic (exact) mass is 331 g/mol. The Morgan fingerprint density at radius 2 is 2.17 bits per heavy atom. The van der Waals surface area contributed by atoms with E-state index in [1.165, 1.54) is 16.9 Å². The summed E-state index contributed by atoms with van der Waals surface area (Å²) in [6.07, 6.45) is 2.14. The molecule has 0 aliphatic carbocycles. The number of carbonyl (C=O) groups is 1. The van der Waals surface area contributed by atoms with Crippen LogP contribution in [0.4, 0.5) is 5.13 Å². The molecule has 1 saturated heterocycles. The van der Waals surface area contributed by atoms with Gasteiger partial charge in [0.25, 0.3) is 5.91 Å². The van der Waals surface area contributed by atoms with E-state index in [-0.39, 0.29) is 12.0 Å². The molecule has 23 heavy (non-hydrogen) atoms. The van der Waals surface area contributed by atoms with E-state index in [1.807, 2.05) is 5.38 Å². The Hall–Kier alpha value is -1.76. The smallest absolute Gasteiger partial charge is 0.255 e. The first-order chi connectivity index (χ1) is 11.2. The molecule has 5 nitrogen and oxygen atoms in total. The number of nitrogens with zero attached hydrogens (tertiary/aromatic N) is 1. The topological polar surface area (TPSA) is 77.2 Å². The molecule has 0 bridgehead atoms. The summed E-state index contributed by atoms with van der Waals surface area (Å²) >= 11 is 1.42. The molecule has 0 unspecified atom stereocenters. The summed E-state index contributed by atoms with van der Waals surface area (Å²) in [4.78, 5) is 16.7. The molecule has 122 valence electrons. The van der Waals surface area contributed by atoms with Gasteiger partial charge in [0.1, 0.15) is 6.10 Å². The Bertz CT molecular complexity index is 669. The molecule has 0 spiro atoms. The lowest BCUT2D eigenvalue weighted by atomic mass is 10.1. The lowest BCUT2D eigenvalue weighted by Gasteiger charge is -2.11. The van der Waals surface area contributed by atoms with Gasteiger partial charge in [-0.1, -0.05) is 31.2 Å². The molecule has 2 aromatic rings. The van der Waals surface area contributed by atoms with E-state index in [2.05, 4.69) is 41.5 Å². The van der Waals surface area contributed by atoms with Crippen molar-refractivity contribution in [2.75, 3.05) is 11.9 Å². The van der Waals surface area contributed by atoms with Crippen LogP contribution in [0.2, 0.25) is 0 Å². The predicted octanol–water partition coefficient (Wildman–Crippen LogP) is 2.82. The van der Waals surface area contributed by atoms with Crippen LogP contribution in [0.5, 0.6) is 0 Å². The molecule has 1 aromatic heterocycles. The van der Waals surface area contributed by atoms with Crippen molar-refractivity contribution in [3.63, 3.8) is 0 Å². The quantitative estimate of drug-likeness (QED) is 0.883. The maximum absolute atomic E-state index is 12.2. The third-order valence-electron chi connectivity index (χ3n) is 4.06. The van der Waals surface area contributed by atoms with Gasteiger partial charge in [-0.2, -0.15) is 0 Å². The molecule has 1 aromatic carbocycles. The Balaban J connectivity index is 1.63. The van der Waals surface area contributed by atoms with Gasteiger partial charge in [-0.3, -0.25) is 10.1 Å². The molecule has 1 aliphatic heterocycles. The number of amides is 1. The first-order valence-electron chi connectivity index (χ1n) is 7.90. The van der Waals surface area contributed by atoms with Crippen molar-refractivity contribution in [2.24, 2.45) is 5.73 Å². The van der Waals surface area contributed by atoms with E-state index in [4.69, 9.17) is 10.5 Å². The highest BCUT2D eigenvalue weighted by Crippen LogP contribution is 2.26. The molecule has 2 heterocycles. The third-order valence-corrected chi connectivity index (χ3v) is 4.81. The minimum Gasteiger partial charge on any atom is -0.364 e. The van der Waals surface area contributed by atoms with Crippen molar-refractivity contribution in [1.29, 1.82) is 0 Å². The predicted molar refractivity (Wildman–Crippen MR) is 92.5 cm³/mol. The van der Waals surface area contributed by atoms with E-state index < -0.39 is 6.10 Å². The van der Waals surface area contributed by atoms with Crippen LogP contribution in [-0.4, -0.2) is 29.6 Å². The molecule has 0 radical (unpaired) electrons. The number of hydrogen-bond donors (Lipinski definition) is 2. The zero-order valence-corrected chi connectivity index (χ0v) is 13.9. The zero-order chi connectivity index (χ0) is 16.2. The minimum atomic E-state index is -0.417. The second-order valence-corrected chi connectivity index (χ2v) is 6.50. The molecule has 3 N–H and O–H groups in total. The van der Waals surface area contributed by atoms with Gasteiger partial charge in [0.2, 0.25) is 0 Å². The van der Waals surface area contributed by atoms with Crippen molar-refractivity contribution in [3.05, 3.63) is 35.2 Å². The number of aryl methyl sites for hydroxylation is 1. The number of rotatable bonds is 5.